The maximum Gasteiger partial charge on any atom is 0.248 e. The van der Waals surface area contributed by atoms with Crippen LogP contribution in [-0.2, 0) is 10.2 Å². The minimum Gasteiger partial charge on any atom is -0.453 e. The van der Waals surface area contributed by atoms with Crippen molar-refractivity contribution in [2.45, 2.75) is 26.2 Å². The van der Waals surface area contributed by atoms with Gasteiger partial charge in [0.15, 0.2) is 11.6 Å². The summed E-state index contributed by atoms with van der Waals surface area (Å²) in [4.78, 5) is 24.5. The van der Waals surface area contributed by atoms with Crippen molar-refractivity contribution >= 4 is 17.7 Å². The molecule has 3 rings (SSSR count). The minimum absolute atomic E-state index is 0.0793. The van der Waals surface area contributed by atoms with Crippen molar-refractivity contribution in [1.29, 1.82) is 0 Å². The molecule has 0 atom stereocenters. The van der Waals surface area contributed by atoms with Gasteiger partial charge in [0.05, 0.1) is 24.3 Å². The third-order valence-corrected chi connectivity index (χ3v) is 3.84. The molecule has 0 bridgehead atoms. The lowest BCUT2D eigenvalue weighted by Crippen LogP contribution is -2.16. The fourth-order valence-corrected chi connectivity index (χ4v) is 2.37. The largest absolute Gasteiger partial charge is 0.453 e. The van der Waals surface area contributed by atoms with Gasteiger partial charge in [-0.25, -0.2) is 14.4 Å². The Bertz CT molecular complexity index is 1010. The SMILES string of the molecule is CC(C)(C)c1ncc(NC(=O)/C=C/c2ccc(Oc3cccnc3)c(F)c2)cn1. The van der Waals surface area contributed by atoms with Crippen molar-refractivity contribution < 1.29 is 13.9 Å². The van der Waals surface area contributed by atoms with Crippen LogP contribution in [0.15, 0.2) is 61.2 Å². The molecule has 3 aromatic rings. The van der Waals surface area contributed by atoms with Crippen LogP contribution in [0.1, 0.15) is 32.2 Å². The highest BCUT2D eigenvalue weighted by Crippen LogP contribution is 2.25. The number of amides is 1. The number of ether oxygens (including phenoxy) is 1. The molecule has 2 aromatic heterocycles. The van der Waals surface area contributed by atoms with Crippen LogP contribution in [0.5, 0.6) is 11.5 Å². The van der Waals surface area contributed by atoms with Crippen molar-refractivity contribution in [2.75, 3.05) is 5.32 Å². The van der Waals surface area contributed by atoms with E-state index in [4.69, 9.17) is 4.74 Å². The van der Waals surface area contributed by atoms with E-state index in [1.807, 2.05) is 20.8 Å². The molecule has 0 fully saturated rings. The van der Waals surface area contributed by atoms with Crippen molar-refractivity contribution in [2.24, 2.45) is 0 Å². The van der Waals surface area contributed by atoms with Crippen molar-refractivity contribution in [1.82, 2.24) is 15.0 Å². The van der Waals surface area contributed by atoms with E-state index in [-0.39, 0.29) is 17.1 Å². The van der Waals surface area contributed by atoms with Gasteiger partial charge in [0.25, 0.3) is 0 Å². The molecular weight excluding hydrogens is 371 g/mol. The molecule has 2 heterocycles. The van der Waals surface area contributed by atoms with Gasteiger partial charge in [-0.1, -0.05) is 26.8 Å². The number of nitrogens with one attached hydrogen (secondary N) is 1. The molecule has 0 aliphatic rings. The van der Waals surface area contributed by atoms with Gasteiger partial charge in [-0.3, -0.25) is 9.78 Å². The number of carbonyl (C=O) groups is 1. The summed E-state index contributed by atoms with van der Waals surface area (Å²) in [5, 5.41) is 2.67. The van der Waals surface area contributed by atoms with Crippen LogP contribution in [0.25, 0.3) is 6.08 Å². The summed E-state index contributed by atoms with van der Waals surface area (Å²) in [5.41, 5.74) is 0.842. The smallest absolute Gasteiger partial charge is 0.248 e. The maximum atomic E-state index is 14.2. The Kier molecular flexibility index (Phi) is 5.97. The van der Waals surface area contributed by atoms with Crippen molar-refractivity contribution in [3.63, 3.8) is 0 Å². The lowest BCUT2D eigenvalue weighted by Gasteiger charge is -2.16. The molecule has 0 saturated carbocycles. The molecule has 1 N–H and O–H groups in total. The zero-order chi connectivity index (χ0) is 20.9. The first kappa shape index (κ1) is 20.1. The number of nitrogens with zero attached hydrogens (tertiary/aromatic N) is 3. The first-order valence-electron chi connectivity index (χ1n) is 9.00. The molecule has 6 nitrogen and oxygen atoms in total. The van der Waals surface area contributed by atoms with Gasteiger partial charge >= 0.3 is 0 Å². The maximum absolute atomic E-state index is 14.2. The van der Waals surface area contributed by atoms with Crippen molar-refractivity contribution in [3.05, 3.63) is 78.4 Å². The summed E-state index contributed by atoms with van der Waals surface area (Å²) >= 11 is 0. The standard InChI is InChI=1S/C22H21FN4O2/c1-22(2,3)21-25-12-16(13-26-21)27-20(28)9-7-15-6-8-19(18(23)11-15)29-17-5-4-10-24-14-17/h4-14H,1-3H3,(H,27,28)/b9-7+. The predicted molar refractivity (Wildman–Crippen MR) is 109 cm³/mol. The zero-order valence-corrected chi connectivity index (χ0v) is 16.4. The highest BCUT2D eigenvalue weighted by Gasteiger charge is 2.16. The summed E-state index contributed by atoms with van der Waals surface area (Å²) in [6, 6.07) is 7.82. The number of halogens is 1. The molecule has 0 aliphatic heterocycles. The molecule has 0 aliphatic carbocycles. The van der Waals surface area contributed by atoms with E-state index in [1.54, 1.807) is 36.8 Å². The fourth-order valence-electron chi connectivity index (χ4n) is 2.37. The Balaban J connectivity index is 1.62. The molecule has 148 valence electrons. The Labute approximate surface area is 168 Å². The Morgan fingerprint density at radius 2 is 1.90 bits per heavy atom. The second-order valence-electron chi connectivity index (χ2n) is 7.35. The quantitative estimate of drug-likeness (QED) is 0.634. The van der Waals surface area contributed by atoms with Crippen LogP contribution in [-0.4, -0.2) is 20.9 Å². The lowest BCUT2D eigenvalue weighted by atomic mass is 9.96. The molecule has 0 radical (unpaired) electrons. The van der Waals surface area contributed by atoms with Gasteiger partial charge in [0.1, 0.15) is 11.6 Å². The first-order valence-corrected chi connectivity index (χ1v) is 9.00. The summed E-state index contributed by atoms with van der Waals surface area (Å²) in [6.07, 6.45) is 9.04. The normalized spacial score (nSPS) is 11.4. The Hall–Kier alpha value is -3.61. The minimum atomic E-state index is -0.539. The lowest BCUT2D eigenvalue weighted by molar-refractivity contribution is -0.111. The second kappa shape index (κ2) is 8.60. The van der Waals surface area contributed by atoms with Crippen LogP contribution >= 0.6 is 0 Å². The summed E-state index contributed by atoms with van der Waals surface area (Å²) in [6.45, 7) is 6.03. The predicted octanol–water partition coefficient (Wildman–Crippen LogP) is 4.75. The average Bonchev–Trinajstić information content (AvgIpc) is 2.69. The van der Waals surface area contributed by atoms with E-state index in [1.165, 1.54) is 30.5 Å². The van der Waals surface area contributed by atoms with E-state index in [0.717, 1.165) is 0 Å². The third-order valence-electron chi connectivity index (χ3n) is 3.84. The highest BCUT2D eigenvalue weighted by atomic mass is 19.1. The Morgan fingerprint density at radius 3 is 2.52 bits per heavy atom. The zero-order valence-electron chi connectivity index (χ0n) is 16.4. The number of anilines is 1. The van der Waals surface area contributed by atoms with Crippen LogP contribution in [0.3, 0.4) is 0 Å². The van der Waals surface area contributed by atoms with E-state index < -0.39 is 5.82 Å². The van der Waals surface area contributed by atoms with Crippen LogP contribution in [0.4, 0.5) is 10.1 Å². The Morgan fingerprint density at radius 1 is 1.14 bits per heavy atom. The molecule has 7 heteroatoms. The number of aromatic nitrogens is 3. The van der Waals surface area contributed by atoms with E-state index >= 15 is 0 Å². The summed E-state index contributed by atoms with van der Waals surface area (Å²) < 4.78 is 19.7. The molecular formula is C22H21FN4O2. The monoisotopic (exact) mass is 392 g/mol. The van der Waals surface area contributed by atoms with Gasteiger partial charge in [0.2, 0.25) is 5.91 Å². The molecule has 1 amide bonds. The van der Waals surface area contributed by atoms with Gasteiger partial charge in [-0.05, 0) is 35.9 Å². The van der Waals surface area contributed by atoms with Crippen molar-refractivity contribution in [3.8, 4) is 11.5 Å². The highest BCUT2D eigenvalue weighted by molar-refractivity contribution is 6.01. The molecule has 0 saturated heterocycles. The molecule has 29 heavy (non-hydrogen) atoms. The third kappa shape index (κ3) is 5.68. The second-order valence-corrected chi connectivity index (χ2v) is 7.35. The van der Waals surface area contributed by atoms with Crippen LogP contribution < -0.4 is 10.1 Å². The van der Waals surface area contributed by atoms with E-state index in [0.29, 0.717) is 22.8 Å². The number of pyridine rings is 1. The number of benzene rings is 1. The van der Waals surface area contributed by atoms with Gasteiger partial charge < -0.3 is 10.1 Å². The molecule has 1 aromatic carbocycles. The summed E-state index contributed by atoms with van der Waals surface area (Å²) in [5.74, 6) is 0.301. The summed E-state index contributed by atoms with van der Waals surface area (Å²) in [7, 11) is 0. The fraction of sp³-hybridized carbons (Fsp3) is 0.182. The van der Waals surface area contributed by atoms with E-state index in [9.17, 15) is 9.18 Å². The van der Waals surface area contributed by atoms with Gasteiger partial charge in [0, 0.05) is 17.7 Å². The number of rotatable bonds is 5. The van der Waals surface area contributed by atoms with Gasteiger partial charge in [-0.2, -0.15) is 0 Å². The number of hydrogen-bond donors (Lipinski definition) is 1. The molecule has 0 spiro atoms. The number of hydrogen-bond acceptors (Lipinski definition) is 5. The molecule has 0 unspecified atom stereocenters. The first-order chi connectivity index (χ1) is 13.8. The van der Waals surface area contributed by atoms with Crippen LogP contribution in [0, 0.1) is 5.82 Å². The van der Waals surface area contributed by atoms with Gasteiger partial charge in [-0.15, -0.1) is 0 Å². The van der Waals surface area contributed by atoms with Crippen LogP contribution in [0.2, 0.25) is 0 Å². The average molecular weight is 392 g/mol. The topological polar surface area (TPSA) is 77.0 Å². The van der Waals surface area contributed by atoms with E-state index in [2.05, 4.69) is 20.3 Å². The number of carbonyl (C=O) groups excluding carboxylic acids is 1.